The number of amides is 1. The number of carbonyl (C=O) groups excluding carboxylic acids is 1. The number of rotatable bonds is 3. The van der Waals surface area contributed by atoms with E-state index in [1.54, 1.807) is 30.5 Å². The number of nitrogens with one attached hydrogen (secondary N) is 2. The van der Waals surface area contributed by atoms with Crippen molar-refractivity contribution in [1.29, 1.82) is 0 Å². The summed E-state index contributed by atoms with van der Waals surface area (Å²) in [6.07, 6.45) is 7.69. The minimum absolute atomic E-state index is 0.0248. The van der Waals surface area contributed by atoms with E-state index in [0.717, 1.165) is 16.7 Å². The lowest BCUT2D eigenvalue weighted by Gasteiger charge is -2.23. The van der Waals surface area contributed by atoms with Gasteiger partial charge in [-0.15, -0.1) is 11.8 Å². The van der Waals surface area contributed by atoms with Crippen LogP contribution in [0.1, 0.15) is 12.0 Å². The first-order valence-corrected chi connectivity index (χ1v) is 7.25. The first kappa shape index (κ1) is 12.9. The number of aromatic nitrogens is 1. The second-order valence-corrected chi connectivity index (χ2v) is 5.46. The Kier molecular flexibility index (Phi) is 3.83. The van der Waals surface area contributed by atoms with Gasteiger partial charge in [-0.25, -0.2) is 0 Å². The number of thioether (sulfide) groups is 1. The van der Waals surface area contributed by atoms with Crippen molar-refractivity contribution in [3.8, 4) is 0 Å². The molecule has 0 aromatic carbocycles. The first-order chi connectivity index (χ1) is 9.83. The highest BCUT2D eigenvalue weighted by Gasteiger charge is 2.24. The van der Waals surface area contributed by atoms with Gasteiger partial charge in [0, 0.05) is 37.1 Å². The Balaban J connectivity index is 1.60. The molecule has 1 unspecified atom stereocenters. The Morgan fingerprint density at radius 1 is 1.45 bits per heavy atom. The molecule has 0 saturated heterocycles. The summed E-state index contributed by atoms with van der Waals surface area (Å²) in [6.45, 7) is 0.516. The molecule has 1 aromatic rings. The zero-order chi connectivity index (χ0) is 13.8. The maximum Gasteiger partial charge on any atom is 0.248 e. The molecule has 2 aliphatic rings. The number of aliphatic imine (C=N–C) groups is 1. The molecule has 2 aliphatic heterocycles. The zero-order valence-corrected chi connectivity index (χ0v) is 11.6. The van der Waals surface area contributed by atoms with Crippen LogP contribution < -0.4 is 10.6 Å². The van der Waals surface area contributed by atoms with E-state index in [1.165, 1.54) is 0 Å². The van der Waals surface area contributed by atoms with Crippen molar-refractivity contribution in [2.45, 2.75) is 18.3 Å². The maximum absolute atomic E-state index is 12.2. The first-order valence-electron chi connectivity index (χ1n) is 6.31. The highest BCUT2D eigenvalue weighted by atomic mass is 32.2. The molecule has 2 N–H and O–H groups in total. The standard InChI is InChI=1S/C14H14N4OS/c19-13(17-6-10-1-3-15-4-2-10)12-5-11-7-16-9-18-14(11)20-8-12/h1-4,7-9,14H,5-6H2,(H,16,18)(H,17,19). The molecule has 0 fully saturated rings. The van der Waals surface area contributed by atoms with Gasteiger partial charge in [-0.05, 0) is 28.7 Å². The molecule has 0 radical (unpaired) electrons. The van der Waals surface area contributed by atoms with E-state index in [1.807, 2.05) is 23.7 Å². The van der Waals surface area contributed by atoms with Gasteiger partial charge in [-0.2, -0.15) is 0 Å². The van der Waals surface area contributed by atoms with E-state index in [4.69, 9.17) is 0 Å². The molecule has 0 spiro atoms. The largest absolute Gasteiger partial charge is 0.353 e. The Bertz CT molecular complexity index is 594. The smallest absolute Gasteiger partial charge is 0.248 e. The van der Waals surface area contributed by atoms with Crippen molar-refractivity contribution in [2.24, 2.45) is 4.99 Å². The predicted molar refractivity (Wildman–Crippen MR) is 79.9 cm³/mol. The minimum atomic E-state index is -0.0248. The van der Waals surface area contributed by atoms with Crippen LogP contribution in [-0.2, 0) is 11.3 Å². The third kappa shape index (κ3) is 2.91. The lowest BCUT2D eigenvalue weighted by molar-refractivity contribution is -0.117. The molecule has 0 aliphatic carbocycles. The SMILES string of the molecule is O=C(NCc1ccncc1)C1=CSC2N=CNC=C2C1. The van der Waals surface area contributed by atoms with Crippen molar-refractivity contribution >= 4 is 24.0 Å². The summed E-state index contributed by atoms with van der Waals surface area (Å²) in [5, 5.41) is 7.93. The average Bonchev–Trinajstić information content (AvgIpc) is 2.53. The number of pyridine rings is 1. The fourth-order valence-corrected chi connectivity index (χ4v) is 2.96. The fourth-order valence-electron chi connectivity index (χ4n) is 2.02. The van der Waals surface area contributed by atoms with Gasteiger partial charge in [0.15, 0.2) is 0 Å². The molecule has 102 valence electrons. The number of hydrogen-bond donors (Lipinski definition) is 2. The topological polar surface area (TPSA) is 66.4 Å². The molecule has 6 heteroatoms. The van der Waals surface area contributed by atoms with Gasteiger partial charge in [-0.1, -0.05) is 0 Å². The summed E-state index contributed by atoms with van der Waals surface area (Å²) in [4.78, 5) is 20.4. The van der Waals surface area contributed by atoms with Crippen LogP contribution in [0.5, 0.6) is 0 Å². The van der Waals surface area contributed by atoms with Crippen LogP contribution in [0.2, 0.25) is 0 Å². The Morgan fingerprint density at radius 2 is 2.30 bits per heavy atom. The van der Waals surface area contributed by atoms with Crippen molar-refractivity contribution in [3.05, 3.63) is 52.8 Å². The normalized spacial score (nSPS) is 20.3. The third-order valence-electron chi connectivity index (χ3n) is 3.10. The van der Waals surface area contributed by atoms with Crippen LogP contribution in [0.4, 0.5) is 0 Å². The summed E-state index contributed by atoms with van der Waals surface area (Å²) in [5.74, 6) is -0.0248. The van der Waals surface area contributed by atoms with Crippen LogP contribution >= 0.6 is 11.8 Å². The van der Waals surface area contributed by atoms with Gasteiger partial charge in [0.25, 0.3) is 0 Å². The van der Waals surface area contributed by atoms with E-state index in [0.29, 0.717) is 13.0 Å². The molecule has 3 rings (SSSR count). The molecular formula is C14H14N4OS. The fraction of sp³-hybridized carbons (Fsp3) is 0.214. The van der Waals surface area contributed by atoms with E-state index >= 15 is 0 Å². The number of nitrogens with zero attached hydrogens (tertiary/aromatic N) is 2. The number of fused-ring (bicyclic) bond motifs is 1. The Hall–Kier alpha value is -2.08. The summed E-state index contributed by atoms with van der Waals surface area (Å²) >= 11 is 1.57. The van der Waals surface area contributed by atoms with E-state index in [9.17, 15) is 4.79 Å². The highest BCUT2D eigenvalue weighted by molar-refractivity contribution is 8.03. The highest BCUT2D eigenvalue weighted by Crippen LogP contribution is 2.34. The second-order valence-electron chi connectivity index (χ2n) is 4.51. The lowest BCUT2D eigenvalue weighted by Crippen LogP contribution is -2.28. The molecule has 1 aromatic heterocycles. The van der Waals surface area contributed by atoms with Crippen molar-refractivity contribution < 1.29 is 4.79 Å². The Morgan fingerprint density at radius 3 is 3.15 bits per heavy atom. The number of carbonyl (C=O) groups is 1. The molecule has 0 bridgehead atoms. The Labute approximate surface area is 121 Å². The lowest BCUT2D eigenvalue weighted by atomic mass is 10.1. The molecule has 5 nitrogen and oxygen atoms in total. The van der Waals surface area contributed by atoms with Gasteiger partial charge in [0.1, 0.15) is 5.37 Å². The minimum Gasteiger partial charge on any atom is -0.353 e. The molecular weight excluding hydrogens is 272 g/mol. The van der Waals surface area contributed by atoms with Crippen LogP contribution in [0.25, 0.3) is 0 Å². The maximum atomic E-state index is 12.2. The van der Waals surface area contributed by atoms with Gasteiger partial charge in [-0.3, -0.25) is 14.8 Å². The molecule has 3 heterocycles. The van der Waals surface area contributed by atoms with Gasteiger partial charge in [0.05, 0.1) is 6.34 Å². The average molecular weight is 286 g/mol. The van der Waals surface area contributed by atoms with Crippen molar-refractivity contribution in [3.63, 3.8) is 0 Å². The van der Waals surface area contributed by atoms with Crippen LogP contribution in [0.15, 0.2) is 52.3 Å². The van der Waals surface area contributed by atoms with E-state index in [-0.39, 0.29) is 11.3 Å². The van der Waals surface area contributed by atoms with Crippen molar-refractivity contribution in [1.82, 2.24) is 15.6 Å². The molecule has 20 heavy (non-hydrogen) atoms. The molecule has 0 saturated carbocycles. The summed E-state index contributed by atoms with van der Waals surface area (Å²) in [6, 6.07) is 3.78. The second kappa shape index (κ2) is 5.92. The quantitative estimate of drug-likeness (QED) is 0.885. The van der Waals surface area contributed by atoms with E-state index < -0.39 is 0 Å². The monoisotopic (exact) mass is 286 g/mol. The zero-order valence-electron chi connectivity index (χ0n) is 10.7. The predicted octanol–water partition coefficient (Wildman–Crippen LogP) is 1.56. The van der Waals surface area contributed by atoms with Gasteiger partial charge in [0.2, 0.25) is 5.91 Å². The summed E-state index contributed by atoms with van der Waals surface area (Å²) in [5.41, 5.74) is 2.96. The van der Waals surface area contributed by atoms with Gasteiger partial charge < -0.3 is 10.6 Å². The van der Waals surface area contributed by atoms with Crippen LogP contribution in [-0.4, -0.2) is 22.6 Å². The van der Waals surface area contributed by atoms with Crippen LogP contribution in [0.3, 0.4) is 0 Å². The van der Waals surface area contributed by atoms with E-state index in [2.05, 4.69) is 20.6 Å². The van der Waals surface area contributed by atoms with Crippen LogP contribution in [0, 0.1) is 0 Å². The summed E-state index contributed by atoms with van der Waals surface area (Å²) in [7, 11) is 0. The summed E-state index contributed by atoms with van der Waals surface area (Å²) < 4.78 is 0. The van der Waals surface area contributed by atoms with Crippen molar-refractivity contribution in [2.75, 3.05) is 0 Å². The third-order valence-corrected chi connectivity index (χ3v) is 4.20. The molecule has 1 atom stereocenters. The molecule has 1 amide bonds. The van der Waals surface area contributed by atoms with Gasteiger partial charge >= 0.3 is 0 Å². The number of hydrogen-bond acceptors (Lipinski definition) is 5.